The molecular weight excluding hydrogens is 238 g/mol. The van der Waals surface area contributed by atoms with Gasteiger partial charge < -0.3 is 15.1 Å². The lowest BCUT2D eigenvalue weighted by atomic mass is 10.0. The zero-order chi connectivity index (χ0) is 13.7. The largest absolute Gasteiger partial charge is 0.355 e. The maximum absolute atomic E-state index is 4.35. The average Bonchev–Trinajstić information content (AvgIpc) is 2.46. The van der Waals surface area contributed by atoms with E-state index in [0.717, 1.165) is 24.6 Å². The van der Waals surface area contributed by atoms with Gasteiger partial charge in [-0.25, -0.2) is 0 Å². The van der Waals surface area contributed by atoms with E-state index in [9.17, 15) is 0 Å². The van der Waals surface area contributed by atoms with Crippen molar-refractivity contribution in [3.05, 3.63) is 17.8 Å². The summed E-state index contributed by atoms with van der Waals surface area (Å²) >= 11 is 0. The van der Waals surface area contributed by atoms with Crippen LogP contribution in [0.25, 0.3) is 0 Å². The predicted octanol–water partition coefficient (Wildman–Crippen LogP) is 1.12. The van der Waals surface area contributed by atoms with Crippen LogP contribution in [0.15, 0.2) is 12.1 Å². The minimum absolute atomic E-state index is 0.588. The highest BCUT2D eigenvalue weighted by Crippen LogP contribution is 2.19. The molecule has 5 heteroatoms. The van der Waals surface area contributed by atoms with E-state index in [1.54, 1.807) is 0 Å². The zero-order valence-corrected chi connectivity index (χ0v) is 12.3. The van der Waals surface area contributed by atoms with Gasteiger partial charge in [-0.2, -0.15) is 5.10 Å². The number of likely N-dealkylation sites (tertiary alicyclic amines) is 1. The van der Waals surface area contributed by atoms with Gasteiger partial charge in [-0.05, 0) is 51.7 Å². The van der Waals surface area contributed by atoms with Crippen LogP contribution in [0.5, 0.6) is 0 Å². The van der Waals surface area contributed by atoms with Gasteiger partial charge in [0.25, 0.3) is 0 Å². The van der Waals surface area contributed by atoms with Crippen LogP contribution >= 0.6 is 0 Å². The van der Waals surface area contributed by atoms with Gasteiger partial charge in [-0.3, -0.25) is 0 Å². The van der Waals surface area contributed by atoms with Crippen molar-refractivity contribution in [2.45, 2.75) is 32.4 Å². The fourth-order valence-corrected chi connectivity index (χ4v) is 2.46. The molecule has 0 bridgehead atoms. The Morgan fingerprint density at radius 2 is 2.05 bits per heavy atom. The minimum Gasteiger partial charge on any atom is -0.355 e. The van der Waals surface area contributed by atoms with Crippen LogP contribution in [0.3, 0.4) is 0 Å². The van der Waals surface area contributed by atoms with Crippen molar-refractivity contribution >= 4 is 5.82 Å². The topological polar surface area (TPSA) is 44.3 Å². The lowest BCUT2D eigenvalue weighted by molar-refractivity contribution is 0.252. The Bertz CT molecular complexity index is 370. The van der Waals surface area contributed by atoms with Gasteiger partial charge in [0.1, 0.15) is 0 Å². The standard InChI is InChI=1S/C14H25N5/c1-4-15-11-12-5-6-14(17-16-12)19(3)13-7-9-18(2)10-8-13/h5-6,13,15H,4,7-11H2,1-3H3. The zero-order valence-electron chi connectivity index (χ0n) is 12.3. The van der Waals surface area contributed by atoms with Crippen molar-refractivity contribution in [3.63, 3.8) is 0 Å². The number of hydrogen-bond donors (Lipinski definition) is 1. The first-order valence-electron chi connectivity index (χ1n) is 7.15. The Balaban J connectivity index is 1.93. The highest BCUT2D eigenvalue weighted by atomic mass is 15.3. The molecule has 0 unspecified atom stereocenters. The van der Waals surface area contributed by atoms with Crippen LogP contribution in [0.2, 0.25) is 0 Å². The van der Waals surface area contributed by atoms with E-state index in [4.69, 9.17) is 0 Å². The van der Waals surface area contributed by atoms with Crippen LogP contribution in [0, 0.1) is 0 Å². The molecule has 1 fully saturated rings. The third kappa shape index (κ3) is 3.88. The Hall–Kier alpha value is -1.20. The summed E-state index contributed by atoms with van der Waals surface area (Å²) in [6.07, 6.45) is 2.40. The highest BCUT2D eigenvalue weighted by Gasteiger charge is 2.21. The summed E-state index contributed by atoms with van der Waals surface area (Å²) in [5, 5.41) is 11.9. The molecule has 19 heavy (non-hydrogen) atoms. The molecule has 1 aliphatic heterocycles. The summed E-state index contributed by atoms with van der Waals surface area (Å²) < 4.78 is 0. The summed E-state index contributed by atoms with van der Waals surface area (Å²) in [6, 6.07) is 4.74. The SMILES string of the molecule is CCNCc1ccc(N(C)C2CCN(C)CC2)nn1. The van der Waals surface area contributed by atoms with Crippen molar-refractivity contribution in [2.75, 3.05) is 38.6 Å². The molecule has 106 valence electrons. The lowest BCUT2D eigenvalue weighted by Crippen LogP contribution is -2.42. The van der Waals surface area contributed by atoms with Gasteiger partial charge in [0.2, 0.25) is 0 Å². The molecule has 0 aliphatic carbocycles. The van der Waals surface area contributed by atoms with Crippen LogP contribution in [-0.2, 0) is 6.54 Å². The third-order valence-corrected chi connectivity index (χ3v) is 3.86. The van der Waals surface area contributed by atoms with Crippen molar-refractivity contribution in [2.24, 2.45) is 0 Å². The molecule has 0 saturated carbocycles. The van der Waals surface area contributed by atoms with Crippen molar-refractivity contribution < 1.29 is 0 Å². The Kier molecular flexibility index (Phi) is 5.10. The summed E-state index contributed by atoms with van der Waals surface area (Å²) in [7, 11) is 4.31. The van der Waals surface area contributed by atoms with E-state index >= 15 is 0 Å². The number of nitrogens with one attached hydrogen (secondary N) is 1. The molecule has 0 aromatic carbocycles. The Labute approximate surface area is 116 Å². The normalized spacial score (nSPS) is 17.6. The van der Waals surface area contributed by atoms with Gasteiger partial charge in [-0.15, -0.1) is 5.10 Å². The van der Waals surface area contributed by atoms with Gasteiger partial charge in [0.05, 0.1) is 5.69 Å². The highest BCUT2D eigenvalue weighted by molar-refractivity contribution is 5.37. The molecule has 1 saturated heterocycles. The summed E-state index contributed by atoms with van der Waals surface area (Å²) in [5.41, 5.74) is 1.00. The molecule has 1 N–H and O–H groups in total. The minimum atomic E-state index is 0.588. The second-order valence-corrected chi connectivity index (χ2v) is 5.31. The van der Waals surface area contributed by atoms with Crippen molar-refractivity contribution in [3.8, 4) is 0 Å². The van der Waals surface area contributed by atoms with Crippen LogP contribution in [0.1, 0.15) is 25.5 Å². The summed E-state index contributed by atoms with van der Waals surface area (Å²) in [4.78, 5) is 4.66. The molecule has 1 aliphatic rings. The monoisotopic (exact) mass is 263 g/mol. The third-order valence-electron chi connectivity index (χ3n) is 3.86. The molecule has 0 radical (unpaired) electrons. The van der Waals surface area contributed by atoms with E-state index in [2.05, 4.69) is 58.5 Å². The first-order chi connectivity index (χ1) is 9.20. The smallest absolute Gasteiger partial charge is 0.151 e. The van der Waals surface area contributed by atoms with Crippen LogP contribution in [0.4, 0.5) is 5.82 Å². The molecule has 2 rings (SSSR count). The predicted molar refractivity (Wildman–Crippen MR) is 78.3 cm³/mol. The number of piperidine rings is 1. The molecular formula is C14H25N5. The lowest BCUT2D eigenvalue weighted by Gasteiger charge is -2.35. The summed E-state index contributed by atoms with van der Waals surface area (Å²) in [5.74, 6) is 0.981. The first kappa shape index (κ1) is 14.2. The van der Waals surface area contributed by atoms with Crippen LogP contribution in [-0.4, -0.2) is 54.9 Å². The van der Waals surface area contributed by atoms with Crippen LogP contribution < -0.4 is 10.2 Å². The second kappa shape index (κ2) is 6.82. The maximum Gasteiger partial charge on any atom is 0.151 e. The maximum atomic E-state index is 4.35. The Morgan fingerprint density at radius 1 is 1.32 bits per heavy atom. The average molecular weight is 263 g/mol. The van der Waals surface area contributed by atoms with Crippen molar-refractivity contribution in [1.29, 1.82) is 0 Å². The van der Waals surface area contributed by atoms with Gasteiger partial charge in [-0.1, -0.05) is 6.92 Å². The van der Waals surface area contributed by atoms with Gasteiger partial charge in [0.15, 0.2) is 5.82 Å². The van der Waals surface area contributed by atoms with E-state index in [1.165, 1.54) is 25.9 Å². The first-order valence-corrected chi connectivity index (χ1v) is 7.15. The number of aromatic nitrogens is 2. The molecule has 1 aromatic rings. The molecule has 2 heterocycles. The van der Waals surface area contributed by atoms with Gasteiger partial charge in [0, 0.05) is 19.6 Å². The van der Waals surface area contributed by atoms with E-state index in [-0.39, 0.29) is 0 Å². The number of hydrogen-bond acceptors (Lipinski definition) is 5. The molecule has 5 nitrogen and oxygen atoms in total. The summed E-state index contributed by atoms with van der Waals surface area (Å²) in [6.45, 7) is 6.18. The quantitative estimate of drug-likeness (QED) is 0.862. The van der Waals surface area contributed by atoms with E-state index in [0.29, 0.717) is 6.04 Å². The Morgan fingerprint density at radius 3 is 2.63 bits per heavy atom. The van der Waals surface area contributed by atoms with Gasteiger partial charge >= 0.3 is 0 Å². The second-order valence-electron chi connectivity index (χ2n) is 5.31. The number of nitrogens with zero attached hydrogens (tertiary/aromatic N) is 4. The molecule has 0 atom stereocenters. The number of rotatable bonds is 5. The molecule has 0 amide bonds. The fraction of sp³-hybridized carbons (Fsp3) is 0.714. The molecule has 0 spiro atoms. The fourth-order valence-electron chi connectivity index (χ4n) is 2.46. The molecule has 1 aromatic heterocycles. The number of anilines is 1. The van der Waals surface area contributed by atoms with E-state index in [1.807, 2.05) is 0 Å². The van der Waals surface area contributed by atoms with E-state index < -0.39 is 0 Å². The van der Waals surface area contributed by atoms with Crippen molar-refractivity contribution in [1.82, 2.24) is 20.4 Å².